The monoisotopic (exact) mass is 406 g/mol. The Hall–Kier alpha value is -2.67. The molecule has 0 saturated heterocycles. The fraction of sp³-hybridized carbons (Fsp3) is 0.261. The highest BCUT2D eigenvalue weighted by molar-refractivity contribution is 7.13. The number of H-pyrrole nitrogens is 1. The van der Waals surface area contributed by atoms with Gasteiger partial charge in [0.1, 0.15) is 10.8 Å². The summed E-state index contributed by atoms with van der Waals surface area (Å²) in [6, 6.07) is 14.4. The van der Waals surface area contributed by atoms with E-state index in [4.69, 9.17) is 15.5 Å². The molecule has 2 aromatic carbocycles. The van der Waals surface area contributed by atoms with Crippen molar-refractivity contribution in [2.45, 2.75) is 19.0 Å². The van der Waals surface area contributed by atoms with E-state index in [1.165, 1.54) is 10.9 Å². The van der Waals surface area contributed by atoms with Gasteiger partial charge in [-0.2, -0.15) is 0 Å². The fourth-order valence-electron chi connectivity index (χ4n) is 3.44. The van der Waals surface area contributed by atoms with Crippen LogP contribution in [-0.4, -0.2) is 36.1 Å². The van der Waals surface area contributed by atoms with Gasteiger partial charge in [0.15, 0.2) is 0 Å². The molecule has 2 aromatic heterocycles. The van der Waals surface area contributed by atoms with E-state index in [1.54, 1.807) is 18.4 Å². The van der Waals surface area contributed by atoms with Crippen LogP contribution in [0.1, 0.15) is 35.8 Å². The Labute approximate surface area is 175 Å². The van der Waals surface area contributed by atoms with Crippen molar-refractivity contribution in [3.63, 3.8) is 0 Å². The average Bonchev–Trinajstić information content (AvgIpc) is 3.39. The molecule has 0 spiro atoms. The minimum absolute atomic E-state index is 0.258. The van der Waals surface area contributed by atoms with E-state index in [0.29, 0.717) is 6.04 Å². The second-order valence-electron chi connectivity index (χ2n) is 7.47. The van der Waals surface area contributed by atoms with Gasteiger partial charge in [-0.05, 0) is 62.5 Å². The third-order valence-corrected chi connectivity index (χ3v) is 6.41. The minimum Gasteiger partial charge on any atom is -0.497 e. The van der Waals surface area contributed by atoms with E-state index in [2.05, 4.69) is 60.7 Å². The van der Waals surface area contributed by atoms with E-state index in [-0.39, 0.29) is 6.04 Å². The van der Waals surface area contributed by atoms with Gasteiger partial charge < -0.3 is 20.4 Å². The third kappa shape index (κ3) is 3.79. The van der Waals surface area contributed by atoms with Gasteiger partial charge in [-0.3, -0.25) is 0 Å². The lowest BCUT2D eigenvalue weighted by atomic mass is 10.0. The summed E-state index contributed by atoms with van der Waals surface area (Å²) in [5.41, 5.74) is 11.9. The summed E-state index contributed by atoms with van der Waals surface area (Å²) in [5, 5.41) is 4.27. The summed E-state index contributed by atoms with van der Waals surface area (Å²) in [5.74, 6) is 0.822. The summed E-state index contributed by atoms with van der Waals surface area (Å²) in [6.45, 7) is 2.21. The number of ether oxygens (including phenoxy) is 1. The Morgan fingerprint density at radius 1 is 1.14 bits per heavy atom. The van der Waals surface area contributed by atoms with E-state index in [9.17, 15) is 0 Å². The second kappa shape index (κ2) is 7.99. The van der Waals surface area contributed by atoms with Crippen LogP contribution < -0.4 is 10.5 Å². The number of rotatable bonds is 6. The molecule has 0 saturated carbocycles. The number of aromatic amines is 1. The van der Waals surface area contributed by atoms with Crippen LogP contribution in [0.2, 0.25) is 0 Å². The number of benzene rings is 2. The highest BCUT2D eigenvalue weighted by Crippen LogP contribution is 2.33. The van der Waals surface area contributed by atoms with Gasteiger partial charge in [0.25, 0.3) is 0 Å². The predicted octanol–water partition coefficient (Wildman–Crippen LogP) is 4.97. The van der Waals surface area contributed by atoms with Crippen LogP contribution in [0, 0.1) is 0 Å². The van der Waals surface area contributed by atoms with Gasteiger partial charge in [-0.25, -0.2) is 4.98 Å². The summed E-state index contributed by atoms with van der Waals surface area (Å²) in [6.07, 6.45) is 2.10. The first-order valence-corrected chi connectivity index (χ1v) is 10.5. The number of hydrogen-bond acceptors (Lipinski definition) is 5. The zero-order valence-electron chi connectivity index (χ0n) is 17.1. The molecule has 0 radical (unpaired) electrons. The van der Waals surface area contributed by atoms with Gasteiger partial charge in [0.2, 0.25) is 0 Å². The van der Waals surface area contributed by atoms with Gasteiger partial charge in [0.05, 0.1) is 18.8 Å². The molecule has 150 valence electrons. The van der Waals surface area contributed by atoms with Crippen molar-refractivity contribution in [2.24, 2.45) is 5.73 Å². The largest absolute Gasteiger partial charge is 0.497 e. The van der Waals surface area contributed by atoms with E-state index in [1.807, 2.05) is 24.3 Å². The molecular formula is C23H26N4OS. The van der Waals surface area contributed by atoms with Gasteiger partial charge in [-0.15, -0.1) is 11.3 Å². The van der Waals surface area contributed by atoms with Crippen molar-refractivity contribution in [1.29, 1.82) is 0 Å². The fourth-order valence-corrected chi connectivity index (χ4v) is 4.30. The van der Waals surface area contributed by atoms with E-state index < -0.39 is 0 Å². The average molecular weight is 407 g/mol. The first-order valence-electron chi connectivity index (χ1n) is 9.60. The number of nitrogens with two attached hydrogens (primary N) is 1. The zero-order chi connectivity index (χ0) is 20.5. The molecule has 0 fully saturated rings. The van der Waals surface area contributed by atoms with Crippen molar-refractivity contribution >= 4 is 22.2 Å². The summed E-state index contributed by atoms with van der Waals surface area (Å²) in [4.78, 5) is 10.4. The predicted molar refractivity (Wildman–Crippen MR) is 121 cm³/mol. The summed E-state index contributed by atoms with van der Waals surface area (Å²) in [7, 11) is 5.86. The maximum Gasteiger partial charge on any atom is 0.123 e. The molecule has 4 rings (SSSR count). The molecule has 2 unspecified atom stereocenters. The number of fused-ring (bicyclic) bond motifs is 1. The second-order valence-corrected chi connectivity index (χ2v) is 8.33. The smallest absolute Gasteiger partial charge is 0.123 e. The van der Waals surface area contributed by atoms with Crippen molar-refractivity contribution in [3.8, 4) is 16.3 Å². The van der Waals surface area contributed by atoms with Crippen LogP contribution in [0.15, 0.2) is 54.0 Å². The highest BCUT2D eigenvalue weighted by Gasteiger charge is 2.17. The Kier molecular flexibility index (Phi) is 5.41. The number of hydrogen-bond donors (Lipinski definition) is 2. The first-order chi connectivity index (χ1) is 14.0. The van der Waals surface area contributed by atoms with E-state index >= 15 is 0 Å². The maximum absolute atomic E-state index is 6.46. The lowest BCUT2D eigenvalue weighted by Crippen LogP contribution is -2.16. The molecule has 6 heteroatoms. The molecule has 29 heavy (non-hydrogen) atoms. The molecule has 2 atom stereocenters. The van der Waals surface area contributed by atoms with Crippen LogP contribution in [-0.2, 0) is 0 Å². The lowest BCUT2D eigenvalue weighted by molar-refractivity contribution is 0.323. The number of methoxy groups -OCH3 is 1. The van der Waals surface area contributed by atoms with E-state index in [0.717, 1.165) is 33.1 Å². The molecule has 0 aliphatic rings. The Balaban J connectivity index is 1.64. The van der Waals surface area contributed by atoms with Gasteiger partial charge >= 0.3 is 0 Å². The molecule has 3 N–H and O–H groups in total. The van der Waals surface area contributed by atoms with Crippen LogP contribution >= 0.6 is 11.3 Å². The van der Waals surface area contributed by atoms with Gasteiger partial charge in [0, 0.05) is 34.1 Å². The van der Waals surface area contributed by atoms with Crippen molar-refractivity contribution in [2.75, 3.05) is 21.2 Å². The zero-order valence-corrected chi connectivity index (χ0v) is 18.0. The topological polar surface area (TPSA) is 67.2 Å². The molecular weight excluding hydrogens is 380 g/mol. The van der Waals surface area contributed by atoms with Crippen LogP contribution in [0.5, 0.6) is 5.75 Å². The molecule has 4 aromatic rings. The van der Waals surface area contributed by atoms with Crippen molar-refractivity contribution < 1.29 is 4.74 Å². The maximum atomic E-state index is 6.46. The van der Waals surface area contributed by atoms with Crippen molar-refractivity contribution in [3.05, 3.63) is 70.9 Å². The van der Waals surface area contributed by atoms with Crippen LogP contribution in [0.25, 0.3) is 21.5 Å². The molecule has 0 aliphatic heterocycles. The third-order valence-electron chi connectivity index (χ3n) is 5.50. The lowest BCUT2D eigenvalue weighted by Gasteiger charge is -2.19. The Morgan fingerprint density at radius 3 is 2.59 bits per heavy atom. The molecule has 0 aliphatic carbocycles. The highest BCUT2D eigenvalue weighted by atomic mass is 32.1. The van der Waals surface area contributed by atoms with Crippen molar-refractivity contribution in [1.82, 2.24) is 14.9 Å². The molecule has 0 bridgehead atoms. The number of nitrogens with zero attached hydrogens (tertiary/aromatic N) is 2. The van der Waals surface area contributed by atoms with Gasteiger partial charge in [-0.1, -0.05) is 12.1 Å². The normalized spacial score (nSPS) is 13.7. The first kappa shape index (κ1) is 19.6. The molecule has 5 nitrogen and oxygen atoms in total. The van der Waals surface area contributed by atoms with Crippen LogP contribution in [0.4, 0.5) is 0 Å². The number of thiazole rings is 1. The number of nitrogens with one attached hydrogen (secondary N) is 1. The number of aromatic nitrogens is 2. The summed E-state index contributed by atoms with van der Waals surface area (Å²) >= 11 is 1.63. The summed E-state index contributed by atoms with van der Waals surface area (Å²) < 4.78 is 5.23. The Bertz CT molecular complexity index is 1110. The Morgan fingerprint density at radius 2 is 1.90 bits per heavy atom. The SMILES string of the molecule is COc1ccc(C(N)c2csc(-c3ccc4[nH]cc(C(C)N(C)C)c4c3)n2)cc1. The standard InChI is InChI=1S/C23H26N4OS/c1-14(27(2)3)19-12-25-20-10-7-16(11-18(19)20)23-26-21(13-29-23)22(24)15-5-8-17(28-4)9-6-15/h5-14,22,25H,24H2,1-4H3. The molecule has 0 amide bonds. The quantitative estimate of drug-likeness (QED) is 0.474. The molecule has 2 heterocycles. The van der Waals surface area contributed by atoms with Crippen LogP contribution in [0.3, 0.4) is 0 Å². The minimum atomic E-state index is -0.258.